The molecule has 3 unspecified atom stereocenters. The molecule has 2 aliphatic rings. The van der Waals surface area contributed by atoms with Gasteiger partial charge >= 0.3 is 0 Å². The van der Waals surface area contributed by atoms with E-state index in [0.717, 1.165) is 12.1 Å². The Morgan fingerprint density at radius 1 is 1.35 bits per heavy atom. The second kappa shape index (κ2) is 4.71. The lowest BCUT2D eigenvalue weighted by Crippen LogP contribution is -2.36. The maximum atomic E-state index is 3.76. The van der Waals surface area contributed by atoms with Crippen molar-refractivity contribution in [3.63, 3.8) is 0 Å². The molecule has 3 heterocycles. The van der Waals surface area contributed by atoms with Crippen molar-refractivity contribution in [3.8, 4) is 0 Å². The first-order chi connectivity index (χ1) is 8.24. The average Bonchev–Trinajstić information content (AvgIpc) is 2.84. The highest BCUT2D eigenvalue weighted by Crippen LogP contribution is 2.31. The summed E-state index contributed by atoms with van der Waals surface area (Å²) in [4.78, 5) is 4.23. The van der Waals surface area contributed by atoms with Crippen LogP contribution in [0.2, 0.25) is 0 Å². The van der Waals surface area contributed by atoms with Gasteiger partial charge in [0.05, 0.1) is 0 Å². The van der Waals surface area contributed by atoms with E-state index in [1.807, 2.05) is 11.3 Å². The van der Waals surface area contributed by atoms with E-state index in [1.165, 1.54) is 37.9 Å². The van der Waals surface area contributed by atoms with Gasteiger partial charge in [-0.2, -0.15) is 0 Å². The standard InChI is InChI=1S/C14H22N2S/c1-10-6-8-17-14(10)11(2)16-7-5-12-3-4-13(9-16)15-12/h6,8,11-13,15H,3-5,7,9H2,1-2H3. The summed E-state index contributed by atoms with van der Waals surface area (Å²) in [5.74, 6) is 0. The second-order valence-electron chi connectivity index (χ2n) is 5.57. The third kappa shape index (κ3) is 2.28. The summed E-state index contributed by atoms with van der Waals surface area (Å²) in [5.41, 5.74) is 1.46. The summed E-state index contributed by atoms with van der Waals surface area (Å²) >= 11 is 1.92. The maximum Gasteiger partial charge on any atom is 0.0416 e. The summed E-state index contributed by atoms with van der Waals surface area (Å²) in [6.45, 7) is 7.10. The lowest BCUT2D eigenvalue weighted by molar-refractivity contribution is 0.202. The van der Waals surface area contributed by atoms with Crippen LogP contribution in [0.4, 0.5) is 0 Å². The Morgan fingerprint density at radius 3 is 2.94 bits per heavy atom. The van der Waals surface area contributed by atoms with Crippen molar-refractivity contribution in [3.05, 3.63) is 21.9 Å². The predicted molar refractivity (Wildman–Crippen MR) is 73.6 cm³/mol. The van der Waals surface area contributed by atoms with Crippen LogP contribution in [-0.2, 0) is 0 Å². The molecule has 0 radical (unpaired) electrons. The molecule has 1 N–H and O–H groups in total. The zero-order chi connectivity index (χ0) is 11.8. The van der Waals surface area contributed by atoms with E-state index in [1.54, 1.807) is 4.88 Å². The Hall–Kier alpha value is -0.380. The number of nitrogens with zero attached hydrogens (tertiary/aromatic N) is 1. The van der Waals surface area contributed by atoms with Gasteiger partial charge in [0.1, 0.15) is 0 Å². The Morgan fingerprint density at radius 2 is 2.18 bits per heavy atom. The quantitative estimate of drug-likeness (QED) is 0.868. The number of likely N-dealkylation sites (tertiary alicyclic amines) is 1. The molecule has 3 atom stereocenters. The molecule has 3 rings (SSSR count). The van der Waals surface area contributed by atoms with Gasteiger partial charge in [0.25, 0.3) is 0 Å². The molecular formula is C14H22N2S. The van der Waals surface area contributed by atoms with Gasteiger partial charge in [0, 0.05) is 36.1 Å². The molecule has 0 aromatic carbocycles. The van der Waals surface area contributed by atoms with Gasteiger partial charge in [-0.25, -0.2) is 0 Å². The molecule has 1 aromatic rings. The fourth-order valence-corrected chi connectivity index (χ4v) is 4.32. The highest BCUT2D eigenvalue weighted by atomic mass is 32.1. The first-order valence-electron chi connectivity index (χ1n) is 6.78. The molecule has 0 aliphatic carbocycles. The van der Waals surface area contributed by atoms with Crippen LogP contribution in [-0.4, -0.2) is 30.1 Å². The second-order valence-corrected chi connectivity index (χ2v) is 6.51. The Labute approximate surface area is 108 Å². The Balaban J connectivity index is 1.74. The monoisotopic (exact) mass is 250 g/mol. The van der Waals surface area contributed by atoms with Gasteiger partial charge in [-0.3, -0.25) is 4.90 Å². The third-order valence-electron chi connectivity index (χ3n) is 4.38. The van der Waals surface area contributed by atoms with Gasteiger partial charge in [-0.15, -0.1) is 11.3 Å². The van der Waals surface area contributed by atoms with Crippen LogP contribution >= 0.6 is 11.3 Å². The van der Waals surface area contributed by atoms with Crippen molar-refractivity contribution in [2.24, 2.45) is 0 Å². The van der Waals surface area contributed by atoms with Gasteiger partial charge in [0.15, 0.2) is 0 Å². The largest absolute Gasteiger partial charge is 0.310 e. The number of fused-ring (bicyclic) bond motifs is 2. The molecule has 0 saturated carbocycles. The average molecular weight is 250 g/mol. The minimum atomic E-state index is 0.594. The van der Waals surface area contributed by atoms with Crippen LogP contribution in [0.5, 0.6) is 0 Å². The van der Waals surface area contributed by atoms with Crippen LogP contribution in [0.25, 0.3) is 0 Å². The SMILES string of the molecule is Cc1ccsc1C(C)N1CCC2CCC(C1)N2. The molecule has 2 bridgehead atoms. The lowest BCUT2D eigenvalue weighted by Gasteiger charge is -2.30. The number of nitrogens with one attached hydrogen (secondary N) is 1. The van der Waals surface area contributed by atoms with Crippen LogP contribution in [0, 0.1) is 6.92 Å². The summed E-state index contributed by atoms with van der Waals surface area (Å²) in [5, 5.41) is 5.98. The number of hydrogen-bond donors (Lipinski definition) is 1. The van der Waals surface area contributed by atoms with Gasteiger partial charge in [0.2, 0.25) is 0 Å². The molecule has 94 valence electrons. The fraction of sp³-hybridized carbons (Fsp3) is 0.714. The highest BCUT2D eigenvalue weighted by Gasteiger charge is 2.31. The molecule has 2 fully saturated rings. The first kappa shape index (κ1) is 11.7. The molecule has 0 amide bonds. The molecule has 0 spiro atoms. The summed E-state index contributed by atoms with van der Waals surface area (Å²) in [6.07, 6.45) is 4.09. The van der Waals surface area contributed by atoms with Crippen molar-refractivity contribution in [2.75, 3.05) is 13.1 Å². The third-order valence-corrected chi connectivity index (χ3v) is 5.57. The van der Waals surface area contributed by atoms with Crippen molar-refractivity contribution in [1.82, 2.24) is 10.2 Å². The van der Waals surface area contributed by atoms with E-state index >= 15 is 0 Å². The summed E-state index contributed by atoms with van der Waals surface area (Å²) in [6, 6.07) is 4.38. The van der Waals surface area contributed by atoms with Crippen molar-refractivity contribution >= 4 is 11.3 Å². The minimum Gasteiger partial charge on any atom is -0.310 e. The molecule has 2 saturated heterocycles. The smallest absolute Gasteiger partial charge is 0.0416 e. The van der Waals surface area contributed by atoms with E-state index in [4.69, 9.17) is 0 Å². The van der Waals surface area contributed by atoms with Gasteiger partial charge in [-0.05, 0) is 50.1 Å². The first-order valence-corrected chi connectivity index (χ1v) is 7.66. The summed E-state index contributed by atoms with van der Waals surface area (Å²) < 4.78 is 0. The van der Waals surface area contributed by atoms with Crippen LogP contribution in [0.1, 0.15) is 42.7 Å². The van der Waals surface area contributed by atoms with Crippen molar-refractivity contribution in [1.29, 1.82) is 0 Å². The van der Waals surface area contributed by atoms with Gasteiger partial charge in [-0.1, -0.05) is 0 Å². The molecule has 17 heavy (non-hydrogen) atoms. The van der Waals surface area contributed by atoms with E-state index in [2.05, 4.69) is 35.5 Å². The number of aryl methyl sites for hydroxylation is 1. The minimum absolute atomic E-state index is 0.594. The fourth-order valence-electron chi connectivity index (χ4n) is 3.30. The van der Waals surface area contributed by atoms with Crippen molar-refractivity contribution in [2.45, 2.75) is 51.2 Å². The molecule has 2 nitrogen and oxygen atoms in total. The number of rotatable bonds is 2. The van der Waals surface area contributed by atoms with E-state index in [9.17, 15) is 0 Å². The maximum absolute atomic E-state index is 3.76. The normalized spacial score (nSPS) is 31.4. The van der Waals surface area contributed by atoms with Crippen LogP contribution in [0.3, 0.4) is 0 Å². The molecule has 2 aliphatic heterocycles. The van der Waals surface area contributed by atoms with E-state index in [-0.39, 0.29) is 0 Å². The lowest BCUT2D eigenvalue weighted by atomic mass is 10.1. The predicted octanol–water partition coefficient (Wildman–Crippen LogP) is 2.94. The van der Waals surface area contributed by atoms with Crippen LogP contribution in [0.15, 0.2) is 11.4 Å². The van der Waals surface area contributed by atoms with E-state index < -0.39 is 0 Å². The number of thiophene rings is 1. The zero-order valence-corrected chi connectivity index (χ0v) is 11.6. The zero-order valence-electron chi connectivity index (χ0n) is 10.8. The molecule has 3 heteroatoms. The Bertz CT molecular complexity index is 387. The van der Waals surface area contributed by atoms with Crippen molar-refractivity contribution < 1.29 is 0 Å². The Kier molecular flexibility index (Phi) is 3.24. The topological polar surface area (TPSA) is 15.3 Å². The van der Waals surface area contributed by atoms with E-state index in [0.29, 0.717) is 6.04 Å². The van der Waals surface area contributed by atoms with Crippen LogP contribution < -0.4 is 5.32 Å². The highest BCUT2D eigenvalue weighted by molar-refractivity contribution is 7.10. The summed E-state index contributed by atoms with van der Waals surface area (Å²) in [7, 11) is 0. The molecule has 1 aromatic heterocycles. The molecular weight excluding hydrogens is 228 g/mol. The number of hydrogen-bond acceptors (Lipinski definition) is 3. The van der Waals surface area contributed by atoms with Gasteiger partial charge < -0.3 is 5.32 Å².